The molecule has 3 amide bonds. The number of amides is 3. The third-order valence-corrected chi connectivity index (χ3v) is 12.3. The van der Waals surface area contributed by atoms with E-state index in [9.17, 15) is 19.5 Å². The first kappa shape index (κ1) is 41.2. The molecule has 2 bridgehead atoms. The van der Waals surface area contributed by atoms with Crippen LogP contribution in [0.25, 0.3) is 0 Å². The molecule has 3 saturated heterocycles. The molecule has 54 heavy (non-hydrogen) atoms. The lowest BCUT2D eigenvalue weighted by Gasteiger charge is -2.41. The summed E-state index contributed by atoms with van der Waals surface area (Å²) in [6.07, 6.45) is 3.42. The van der Waals surface area contributed by atoms with Gasteiger partial charge in [-0.15, -0.1) is 13.2 Å². The number of nitrogens with one attached hydrogen (secondary N) is 1. The van der Waals surface area contributed by atoms with Crippen molar-refractivity contribution in [3.8, 4) is 0 Å². The summed E-state index contributed by atoms with van der Waals surface area (Å²) in [5.74, 6) is -3.89. The van der Waals surface area contributed by atoms with Crippen molar-refractivity contribution in [1.82, 2.24) is 10.2 Å². The third kappa shape index (κ3) is 7.88. The molecule has 3 heterocycles. The average Bonchev–Trinajstić information content (AvgIpc) is 3.78. The highest BCUT2D eigenvalue weighted by Gasteiger charge is 2.77. The fourth-order valence-electron chi connectivity index (χ4n) is 8.46. The molecule has 9 atom stereocenters. The van der Waals surface area contributed by atoms with Crippen LogP contribution in [0, 0.1) is 17.8 Å². The number of aliphatic hydroxyl groups excluding tert-OH is 1. The molecule has 3 aliphatic rings. The molecule has 3 fully saturated rings. The van der Waals surface area contributed by atoms with Crippen LogP contribution in [0.3, 0.4) is 0 Å². The number of benzene rings is 2. The van der Waals surface area contributed by atoms with Crippen LogP contribution in [-0.2, 0) is 28.7 Å². The van der Waals surface area contributed by atoms with E-state index >= 15 is 4.79 Å². The molecule has 2 aromatic carbocycles. The maximum Gasteiger partial charge on any atom is 0.313 e. The van der Waals surface area contributed by atoms with Crippen molar-refractivity contribution in [2.45, 2.75) is 88.1 Å². The summed E-state index contributed by atoms with van der Waals surface area (Å²) in [6, 6.07) is 15.0. The highest BCUT2D eigenvalue weighted by molar-refractivity contribution is 9.09. The van der Waals surface area contributed by atoms with E-state index in [1.807, 2.05) is 68.4 Å². The molecular weight excluding hydrogens is 752 g/mol. The van der Waals surface area contributed by atoms with E-state index in [1.54, 1.807) is 17.1 Å². The molecule has 12 heteroatoms. The summed E-state index contributed by atoms with van der Waals surface area (Å²) in [7, 11) is 0. The Morgan fingerprint density at radius 1 is 1.07 bits per heavy atom. The van der Waals surface area contributed by atoms with Crippen LogP contribution in [0.4, 0.5) is 11.4 Å². The van der Waals surface area contributed by atoms with Gasteiger partial charge in [-0.25, -0.2) is 0 Å². The lowest BCUT2D eigenvalue weighted by molar-refractivity contribution is -0.161. The van der Waals surface area contributed by atoms with Crippen molar-refractivity contribution in [2.75, 3.05) is 42.6 Å². The lowest BCUT2D eigenvalue weighted by atomic mass is 9.70. The minimum atomic E-state index is -1.38. The van der Waals surface area contributed by atoms with Crippen LogP contribution in [0.2, 0.25) is 0 Å². The number of fused-ring (bicyclic) bond motifs is 1. The highest BCUT2D eigenvalue weighted by atomic mass is 79.9. The number of carbonyl (C=O) groups excluding carboxylic acids is 4. The summed E-state index contributed by atoms with van der Waals surface area (Å²) in [5, 5.41) is 13.7. The van der Waals surface area contributed by atoms with Crippen molar-refractivity contribution in [1.29, 1.82) is 0 Å². The molecule has 0 saturated carbocycles. The van der Waals surface area contributed by atoms with Gasteiger partial charge in [0.15, 0.2) is 0 Å². The number of halogens is 1. The van der Waals surface area contributed by atoms with Gasteiger partial charge in [-0.2, -0.15) is 0 Å². The molecule has 292 valence electrons. The zero-order chi connectivity index (χ0) is 39.2. The predicted molar refractivity (Wildman–Crippen MR) is 213 cm³/mol. The number of hydrogen-bond donors (Lipinski definition) is 2. The summed E-state index contributed by atoms with van der Waals surface area (Å²) in [6.45, 7) is 17.2. The maximum atomic E-state index is 15.2. The smallest absolute Gasteiger partial charge is 0.313 e. The molecule has 1 spiro atoms. The molecular formula is C42H55BrN4O7. The van der Waals surface area contributed by atoms with E-state index in [1.165, 1.54) is 4.90 Å². The second-order valence-electron chi connectivity index (χ2n) is 14.4. The second kappa shape index (κ2) is 18.1. The van der Waals surface area contributed by atoms with Crippen LogP contribution in [0.1, 0.15) is 65.0 Å². The molecule has 2 N–H and O–H groups in total. The van der Waals surface area contributed by atoms with E-state index in [2.05, 4.69) is 53.2 Å². The van der Waals surface area contributed by atoms with Gasteiger partial charge in [0.1, 0.15) is 17.7 Å². The number of nitrogens with zero attached hydrogens (tertiary/aromatic N) is 3. The van der Waals surface area contributed by atoms with E-state index in [0.717, 1.165) is 18.8 Å². The Labute approximate surface area is 327 Å². The quantitative estimate of drug-likeness (QED) is 0.107. The molecule has 5 rings (SSSR count). The predicted octanol–water partition coefficient (Wildman–Crippen LogP) is 5.57. The maximum absolute atomic E-state index is 15.2. The van der Waals surface area contributed by atoms with Gasteiger partial charge >= 0.3 is 5.97 Å². The van der Waals surface area contributed by atoms with Gasteiger partial charge in [0.25, 0.3) is 5.91 Å². The van der Waals surface area contributed by atoms with Crippen molar-refractivity contribution in [3.63, 3.8) is 0 Å². The van der Waals surface area contributed by atoms with E-state index in [4.69, 9.17) is 9.47 Å². The first-order valence-corrected chi connectivity index (χ1v) is 20.1. The Bertz CT molecular complexity index is 1650. The molecule has 0 radical (unpaired) electrons. The van der Waals surface area contributed by atoms with Gasteiger partial charge in [0.2, 0.25) is 11.8 Å². The molecule has 2 aromatic rings. The summed E-state index contributed by atoms with van der Waals surface area (Å²) in [5.41, 5.74) is 0.960. The Morgan fingerprint density at radius 2 is 1.74 bits per heavy atom. The number of allylic oxidation sites excluding steroid dienone is 1. The zero-order valence-electron chi connectivity index (χ0n) is 31.9. The zero-order valence-corrected chi connectivity index (χ0v) is 33.5. The number of ether oxygens (including phenoxy) is 2. The van der Waals surface area contributed by atoms with Crippen molar-refractivity contribution in [2.24, 2.45) is 17.8 Å². The number of alkyl halides is 1. The Kier molecular flexibility index (Phi) is 13.8. The van der Waals surface area contributed by atoms with Crippen LogP contribution < -0.4 is 15.1 Å². The largest absolute Gasteiger partial charge is 0.455 e. The van der Waals surface area contributed by atoms with Crippen LogP contribution in [0.5, 0.6) is 0 Å². The van der Waals surface area contributed by atoms with Crippen LogP contribution >= 0.6 is 15.9 Å². The molecule has 0 aromatic heterocycles. The number of rotatable bonds is 19. The van der Waals surface area contributed by atoms with Gasteiger partial charge in [-0.1, -0.05) is 78.7 Å². The Hall–Kier alpha value is -4.00. The lowest BCUT2D eigenvalue weighted by Crippen LogP contribution is -2.60. The summed E-state index contributed by atoms with van der Waals surface area (Å²) < 4.78 is 13.0. The van der Waals surface area contributed by atoms with Crippen LogP contribution in [-0.4, -0.2) is 95.1 Å². The third-order valence-electron chi connectivity index (χ3n) is 11.4. The minimum absolute atomic E-state index is 0.0306. The monoisotopic (exact) mass is 806 g/mol. The van der Waals surface area contributed by atoms with E-state index < -0.39 is 53.6 Å². The van der Waals surface area contributed by atoms with Gasteiger partial charge in [0.05, 0.1) is 37.1 Å². The van der Waals surface area contributed by atoms with Gasteiger partial charge in [-0.3, -0.25) is 19.2 Å². The van der Waals surface area contributed by atoms with Crippen molar-refractivity contribution in [3.05, 3.63) is 85.5 Å². The number of aliphatic hydroxyl groups is 1. The van der Waals surface area contributed by atoms with Crippen molar-refractivity contribution >= 4 is 51.0 Å². The van der Waals surface area contributed by atoms with Crippen molar-refractivity contribution < 1.29 is 33.8 Å². The number of likely N-dealkylation sites (tertiary alicyclic amines) is 1. The van der Waals surface area contributed by atoms with E-state index in [0.29, 0.717) is 30.5 Å². The Morgan fingerprint density at radius 3 is 2.33 bits per heavy atom. The number of carbonyl (C=O) groups is 4. The first-order chi connectivity index (χ1) is 26.0. The highest BCUT2D eigenvalue weighted by Crippen LogP contribution is 2.61. The molecule has 1 unspecified atom stereocenters. The number of anilines is 2. The second-order valence-corrected chi connectivity index (χ2v) is 15.6. The fraction of sp³-hybridized carbons (Fsp3) is 0.524. The first-order valence-electron chi connectivity index (χ1n) is 19.2. The standard InChI is InChI=1S/C42H55BrN4O7/c1-7-12-18-34(49)44-25-33(28-16-14-13-15-17-28)53-41(52)35-36-39(50)47(32(26-48)27(6)9-3)38(42(36)24-31(43)37(35)54-42)40(51)46(23-8-2)30-21-19-29(20-22-30)45(10-4)11-5/h7-8,13-17,19-22,27,31-33,35-38,48H,1-2,9-12,18,23-26H2,3-6H3,(H,44,49)/t27-,31?,32-,33-,35+,36-,37+,38+,42-/m0/s1. The summed E-state index contributed by atoms with van der Waals surface area (Å²) >= 11 is 3.76. The SMILES string of the molecule is C=CCCC(=O)NC[C@H](OC(=O)[C@H]1[C@@H]2O[C@@]3(CC2Br)[C@@H]1C(=O)N([C@@H](CO)[C@@H](C)CC)[C@@H]3C(=O)N(CC=C)c1ccc(N(CC)CC)cc1)c1ccccc1. The number of hydrogen-bond acceptors (Lipinski definition) is 8. The number of esters is 1. The average molecular weight is 808 g/mol. The van der Waals surface area contributed by atoms with E-state index in [-0.39, 0.29) is 48.7 Å². The summed E-state index contributed by atoms with van der Waals surface area (Å²) in [4.78, 5) is 62.2. The topological polar surface area (TPSA) is 129 Å². The van der Waals surface area contributed by atoms with Gasteiger partial charge < -0.3 is 34.6 Å². The fourth-order valence-corrected chi connectivity index (χ4v) is 9.40. The normalized spacial score (nSPS) is 25.7. The molecule has 11 nitrogen and oxygen atoms in total. The van der Waals surface area contributed by atoms with Crippen LogP contribution in [0.15, 0.2) is 79.9 Å². The molecule has 0 aliphatic carbocycles. The van der Waals surface area contributed by atoms with Gasteiger partial charge in [0, 0.05) is 42.3 Å². The minimum Gasteiger partial charge on any atom is -0.455 e. The van der Waals surface area contributed by atoms with Gasteiger partial charge in [-0.05, 0) is 62.4 Å². The molecule has 3 aliphatic heterocycles. The Balaban J connectivity index is 1.53.